The van der Waals surface area contributed by atoms with Gasteiger partial charge in [0.1, 0.15) is 12.3 Å². The molecule has 0 atom stereocenters. The van der Waals surface area contributed by atoms with Crippen molar-refractivity contribution < 1.29 is 18.8 Å². The van der Waals surface area contributed by atoms with Crippen molar-refractivity contribution in [2.24, 2.45) is 0 Å². The predicted octanol–water partition coefficient (Wildman–Crippen LogP) is 3.80. The van der Waals surface area contributed by atoms with Gasteiger partial charge >= 0.3 is 6.03 Å². The number of nitrogens with zero attached hydrogens (tertiary/aromatic N) is 2. The second-order valence-corrected chi connectivity index (χ2v) is 6.46. The molecule has 0 fully saturated rings. The number of nitrogens with one attached hydrogen (secondary N) is 2. The van der Waals surface area contributed by atoms with Crippen molar-refractivity contribution in [2.75, 3.05) is 37.4 Å². The second kappa shape index (κ2) is 10.1. The van der Waals surface area contributed by atoms with Crippen molar-refractivity contribution in [3.8, 4) is 0 Å². The molecule has 0 saturated carbocycles. The molecule has 0 saturated heterocycles. The lowest BCUT2D eigenvalue weighted by Gasteiger charge is -2.22. The summed E-state index contributed by atoms with van der Waals surface area (Å²) >= 11 is 12.1. The molecule has 8 nitrogen and oxygen atoms in total. The molecule has 2 rings (SSSR count). The fourth-order valence-electron chi connectivity index (χ4n) is 2.23. The van der Waals surface area contributed by atoms with Crippen molar-refractivity contribution in [3.63, 3.8) is 0 Å². The van der Waals surface area contributed by atoms with E-state index in [4.69, 9.17) is 32.5 Å². The first-order valence-electron chi connectivity index (χ1n) is 8.12. The van der Waals surface area contributed by atoms with Gasteiger partial charge < -0.3 is 24.8 Å². The maximum Gasteiger partial charge on any atom is 0.322 e. The molecule has 146 valence electrons. The Morgan fingerprint density at radius 2 is 2.07 bits per heavy atom. The summed E-state index contributed by atoms with van der Waals surface area (Å²) in [6, 6.07) is 6.00. The van der Waals surface area contributed by atoms with Crippen molar-refractivity contribution in [1.82, 2.24) is 10.1 Å². The number of halogens is 2. The molecule has 0 aliphatic carbocycles. The molecule has 0 spiro atoms. The van der Waals surface area contributed by atoms with E-state index in [2.05, 4.69) is 15.8 Å². The molecule has 1 heterocycles. The topological polar surface area (TPSA) is 96.7 Å². The van der Waals surface area contributed by atoms with E-state index < -0.39 is 11.9 Å². The zero-order valence-corrected chi connectivity index (χ0v) is 16.4. The van der Waals surface area contributed by atoms with Gasteiger partial charge in [0.25, 0.3) is 0 Å². The minimum absolute atomic E-state index is 0.181. The van der Waals surface area contributed by atoms with Crippen molar-refractivity contribution >= 4 is 46.6 Å². The van der Waals surface area contributed by atoms with Gasteiger partial charge in [-0.05, 0) is 25.5 Å². The number of aromatic nitrogens is 1. The smallest absolute Gasteiger partial charge is 0.322 e. The lowest BCUT2D eigenvalue weighted by atomic mass is 10.3. The van der Waals surface area contributed by atoms with Crippen LogP contribution in [0.4, 0.5) is 16.3 Å². The third-order valence-corrected chi connectivity index (χ3v) is 4.31. The molecule has 0 radical (unpaired) electrons. The van der Waals surface area contributed by atoms with Crippen LogP contribution in [0.2, 0.25) is 10.0 Å². The van der Waals surface area contributed by atoms with Gasteiger partial charge in [-0.1, -0.05) is 34.4 Å². The van der Waals surface area contributed by atoms with E-state index in [1.54, 1.807) is 38.3 Å². The SMILES string of the molecule is COCCCN(CC(=O)Nc1cc(C)on1)C(=O)Nc1cccc(Cl)c1Cl. The summed E-state index contributed by atoms with van der Waals surface area (Å²) in [6.07, 6.45) is 0.559. The number of ether oxygens (including phenoxy) is 1. The Bertz CT molecular complexity index is 797. The highest BCUT2D eigenvalue weighted by Crippen LogP contribution is 2.29. The maximum atomic E-state index is 12.6. The van der Waals surface area contributed by atoms with Gasteiger partial charge in [-0.15, -0.1) is 0 Å². The van der Waals surface area contributed by atoms with Gasteiger partial charge in [-0.2, -0.15) is 0 Å². The second-order valence-electron chi connectivity index (χ2n) is 5.67. The monoisotopic (exact) mass is 414 g/mol. The minimum atomic E-state index is -0.484. The van der Waals surface area contributed by atoms with Crippen molar-refractivity contribution in [3.05, 3.63) is 40.1 Å². The number of methoxy groups -OCH3 is 1. The van der Waals surface area contributed by atoms with E-state index in [0.29, 0.717) is 36.0 Å². The molecular formula is C17H20Cl2N4O4. The summed E-state index contributed by atoms with van der Waals surface area (Å²) in [5, 5.41) is 9.49. The number of carbonyl (C=O) groups is 2. The van der Waals surface area contributed by atoms with Crippen LogP contribution in [0.15, 0.2) is 28.8 Å². The Balaban J connectivity index is 2.04. The summed E-state index contributed by atoms with van der Waals surface area (Å²) in [4.78, 5) is 26.2. The van der Waals surface area contributed by atoms with Gasteiger partial charge in [0.2, 0.25) is 5.91 Å². The Morgan fingerprint density at radius 1 is 1.30 bits per heavy atom. The summed E-state index contributed by atoms with van der Waals surface area (Å²) in [5.74, 6) is 0.441. The zero-order valence-electron chi connectivity index (χ0n) is 14.9. The number of hydrogen-bond acceptors (Lipinski definition) is 5. The van der Waals surface area contributed by atoms with Crippen LogP contribution in [0.3, 0.4) is 0 Å². The first-order valence-corrected chi connectivity index (χ1v) is 8.88. The van der Waals surface area contributed by atoms with E-state index in [0.717, 1.165) is 0 Å². The fraction of sp³-hybridized carbons (Fsp3) is 0.353. The Morgan fingerprint density at radius 3 is 2.74 bits per heavy atom. The zero-order chi connectivity index (χ0) is 19.8. The van der Waals surface area contributed by atoms with Crippen LogP contribution >= 0.6 is 23.2 Å². The first-order chi connectivity index (χ1) is 12.9. The van der Waals surface area contributed by atoms with Crippen LogP contribution in [0, 0.1) is 6.92 Å². The summed E-state index contributed by atoms with van der Waals surface area (Å²) < 4.78 is 9.91. The number of urea groups is 1. The molecule has 1 aromatic heterocycles. The molecule has 0 aliphatic rings. The summed E-state index contributed by atoms with van der Waals surface area (Å²) in [6.45, 7) is 2.29. The third kappa shape index (κ3) is 6.42. The molecule has 0 aliphatic heterocycles. The molecule has 3 amide bonds. The van der Waals surface area contributed by atoms with Gasteiger partial charge in [-0.3, -0.25) is 4.79 Å². The van der Waals surface area contributed by atoms with Crippen LogP contribution in [0.5, 0.6) is 0 Å². The molecule has 10 heteroatoms. The highest BCUT2D eigenvalue weighted by molar-refractivity contribution is 6.43. The number of carbonyl (C=O) groups excluding carboxylic acids is 2. The van der Waals surface area contributed by atoms with E-state index in [1.807, 2.05) is 0 Å². The molecule has 2 N–H and O–H groups in total. The Labute approximate surface area is 166 Å². The highest BCUT2D eigenvalue weighted by Gasteiger charge is 2.19. The quantitative estimate of drug-likeness (QED) is 0.640. The first kappa shape index (κ1) is 21.0. The minimum Gasteiger partial charge on any atom is -0.385 e. The van der Waals surface area contributed by atoms with Gasteiger partial charge in [-0.25, -0.2) is 4.79 Å². The Kier molecular flexibility index (Phi) is 7.90. The fourth-order valence-corrected chi connectivity index (χ4v) is 2.58. The average Bonchev–Trinajstić information content (AvgIpc) is 3.02. The van der Waals surface area contributed by atoms with Gasteiger partial charge in [0, 0.05) is 26.3 Å². The molecule has 0 unspecified atom stereocenters. The largest absolute Gasteiger partial charge is 0.385 e. The van der Waals surface area contributed by atoms with Crippen LogP contribution in [-0.4, -0.2) is 48.8 Å². The summed E-state index contributed by atoms with van der Waals surface area (Å²) in [5.41, 5.74) is 0.360. The van der Waals surface area contributed by atoms with E-state index >= 15 is 0 Å². The molecule has 0 bridgehead atoms. The molecular weight excluding hydrogens is 395 g/mol. The third-order valence-electron chi connectivity index (χ3n) is 3.49. The standard InChI is InChI=1S/C17H20Cl2N4O4/c1-11-9-14(22-27-11)21-15(24)10-23(7-4-8-26-2)17(25)20-13-6-3-5-12(18)16(13)19/h3,5-6,9H,4,7-8,10H2,1-2H3,(H,20,25)(H,21,22,24). The van der Waals surface area contributed by atoms with Crippen LogP contribution in [0.1, 0.15) is 12.2 Å². The van der Waals surface area contributed by atoms with E-state index in [1.165, 1.54) is 4.90 Å². The van der Waals surface area contributed by atoms with Gasteiger partial charge in [0.05, 0.1) is 15.7 Å². The molecule has 2 aromatic rings. The van der Waals surface area contributed by atoms with Crippen LogP contribution in [0.25, 0.3) is 0 Å². The normalized spacial score (nSPS) is 10.5. The van der Waals surface area contributed by atoms with E-state index in [9.17, 15) is 9.59 Å². The lowest BCUT2D eigenvalue weighted by molar-refractivity contribution is -0.116. The van der Waals surface area contributed by atoms with E-state index in [-0.39, 0.29) is 17.4 Å². The highest BCUT2D eigenvalue weighted by atomic mass is 35.5. The number of anilines is 2. The molecule has 27 heavy (non-hydrogen) atoms. The Hall–Kier alpha value is -2.29. The van der Waals surface area contributed by atoms with Crippen molar-refractivity contribution in [1.29, 1.82) is 0 Å². The number of benzene rings is 1. The number of rotatable bonds is 8. The maximum absolute atomic E-state index is 12.6. The summed E-state index contributed by atoms with van der Waals surface area (Å²) in [7, 11) is 1.57. The van der Waals surface area contributed by atoms with Gasteiger partial charge in [0.15, 0.2) is 5.82 Å². The number of hydrogen-bond donors (Lipinski definition) is 2. The number of aryl methyl sites for hydroxylation is 1. The molecule has 1 aromatic carbocycles. The predicted molar refractivity (Wildman–Crippen MR) is 103 cm³/mol. The average molecular weight is 415 g/mol. The van der Waals surface area contributed by atoms with Crippen LogP contribution in [-0.2, 0) is 9.53 Å². The van der Waals surface area contributed by atoms with Crippen molar-refractivity contribution in [2.45, 2.75) is 13.3 Å². The number of amides is 3. The lowest BCUT2D eigenvalue weighted by Crippen LogP contribution is -2.41. The van der Waals surface area contributed by atoms with Crippen LogP contribution < -0.4 is 10.6 Å².